The number of aliphatic carboxylic acids is 1. The van der Waals surface area contributed by atoms with Crippen molar-refractivity contribution in [3.8, 4) is 0 Å². The first-order valence-electron chi connectivity index (χ1n) is 8.78. The van der Waals surface area contributed by atoms with Gasteiger partial charge < -0.3 is 14.7 Å². The third-order valence-corrected chi connectivity index (χ3v) is 4.11. The first-order valence-corrected chi connectivity index (χ1v) is 8.78. The molecule has 1 unspecified atom stereocenters. The predicted molar refractivity (Wildman–Crippen MR) is 89.5 cm³/mol. The number of rotatable bonds is 9. The second-order valence-corrected chi connectivity index (χ2v) is 6.64. The van der Waals surface area contributed by atoms with Crippen LogP contribution >= 0.6 is 0 Å². The van der Waals surface area contributed by atoms with Crippen LogP contribution in [0.3, 0.4) is 0 Å². The van der Waals surface area contributed by atoms with Crippen molar-refractivity contribution in [3.05, 3.63) is 0 Å². The highest BCUT2D eigenvalue weighted by Crippen LogP contribution is 2.15. The van der Waals surface area contributed by atoms with E-state index in [1.54, 1.807) is 6.92 Å². The molecule has 0 bridgehead atoms. The van der Waals surface area contributed by atoms with Crippen LogP contribution in [0.1, 0.15) is 52.9 Å². The second-order valence-electron chi connectivity index (χ2n) is 6.64. The molecule has 1 aliphatic heterocycles. The molecule has 0 radical (unpaired) electrons. The van der Waals surface area contributed by atoms with Crippen molar-refractivity contribution in [2.24, 2.45) is 5.92 Å². The summed E-state index contributed by atoms with van der Waals surface area (Å²) in [7, 11) is 0. The van der Waals surface area contributed by atoms with Crippen LogP contribution < -0.4 is 5.32 Å². The molecule has 24 heavy (non-hydrogen) atoms. The summed E-state index contributed by atoms with van der Waals surface area (Å²) < 4.78 is 5.12. The van der Waals surface area contributed by atoms with Gasteiger partial charge >= 0.3 is 11.9 Å². The molecule has 0 aromatic carbocycles. The Hall–Kier alpha value is -1.63. The van der Waals surface area contributed by atoms with Crippen LogP contribution in [0.25, 0.3) is 0 Å². The molecular weight excluding hydrogens is 312 g/mol. The molecule has 1 saturated heterocycles. The maximum atomic E-state index is 12.6. The summed E-state index contributed by atoms with van der Waals surface area (Å²) in [6, 6.07) is -1.07. The SMILES string of the molecule is CCOC(=O)C(CCC(C)C)N[C@H]1CCCCN(CC(=O)O)C1=O. The lowest BCUT2D eigenvalue weighted by Crippen LogP contribution is -2.52. The van der Waals surface area contributed by atoms with Crippen LogP contribution in [0.5, 0.6) is 0 Å². The zero-order valence-corrected chi connectivity index (χ0v) is 14.9. The molecule has 0 spiro atoms. The summed E-state index contributed by atoms with van der Waals surface area (Å²) >= 11 is 0. The van der Waals surface area contributed by atoms with Gasteiger partial charge in [-0.2, -0.15) is 0 Å². The van der Waals surface area contributed by atoms with Crippen molar-refractivity contribution in [1.29, 1.82) is 0 Å². The Morgan fingerprint density at radius 2 is 2.04 bits per heavy atom. The van der Waals surface area contributed by atoms with E-state index in [1.165, 1.54) is 4.90 Å². The summed E-state index contributed by atoms with van der Waals surface area (Å²) in [5.74, 6) is -1.17. The number of hydrogen-bond acceptors (Lipinski definition) is 5. The third kappa shape index (κ3) is 6.86. The van der Waals surface area contributed by atoms with E-state index in [0.717, 1.165) is 19.3 Å². The van der Waals surface area contributed by atoms with Gasteiger partial charge in [-0.15, -0.1) is 0 Å². The first kappa shape index (κ1) is 20.4. The molecule has 1 heterocycles. The fourth-order valence-electron chi connectivity index (χ4n) is 2.83. The van der Waals surface area contributed by atoms with E-state index in [2.05, 4.69) is 19.2 Å². The maximum Gasteiger partial charge on any atom is 0.323 e. The highest BCUT2D eigenvalue weighted by Gasteiger charge is 2.32. The Labute approximate surface area is 143 Å². The molecule has 0 aliphatic carbocycles. The molecule has 7 heteroatoms. The minimum absolute atomic E-state index is 0.242. The Kier molecular flexibility index (Phi) is 8.74. The average Bonchev–Trinajstić information content (AvgIpc) is 2.66. The highest BCUT2D eigenvalue weighted by atomic mass is 16.5. The first-order chi connectivity index (χ1) is 11.3. The van der Waals surface area contributed by atoms with Crippen LogP contribution in [-0.2, 0) is 19.1 Å². The van der Waals surface area contributed by atoms with E-state index in [9.17, 15) is 14.4 Å². The summed E-state index contributed by atoms with van der Waals surface area (Å²) in [6.07, 6.45) is 3.63. The van der Waals surface area contributed by atoms with Gasteiger partial charge in [0.05, 0.1) is 12.6 Å². The molecule has 138 valence electrons. The van der Waals surface area contributed by atoms with Gasteiger partial charge in [-0.1, -0.05) is 13.8 Å². The number of carboxylic acids is 1. The van der Waals surface area contributed by atoms with Crippen LogP contribution in [0.2, 0.25) is 0 Å². The lowest BCUT2D eigenvalue weighted by atomic mass is 10.0. The monoisotopic (exact) mass is 342 g/mol. The van der Waals surface area contributed by atoms with Gasteiger partial charge in [-0.25, -0.2) is 0 Å². The van der Waals surface area contributed by atoms with E-state index < -0.39 is 18.1 Å². The summed E-state index contributed by atoms with van der Waals surface area (Å²) in [5.41, 5.74) is 0. The molecule has 1 rings (SSSR count). The number of hydrogen-bond donors (Lipinski definition) is 2. The standard InChI is InChI=1S/C17H30N2O5/c1-4-24-17(23)14(9-8-12(2)3)18-13-7-5-6-10-19(16(13)22)11-15(20)21/h12-14,18H,4-11H2,1-3H3,(H,20,21)/t13-,14?/m0/s1. The van der Waals surface area contributed by atoms with Crippen molar-refractivity contribution in [3.63, 3.8) is 0 Å². The van der Waals surface area contributed by atoms with Crippen molar-refractivity contribution < 1.29 is 24.2 Å². The normalized spacial score (nSPS) is 19.9. The minimum atomic E-state index is -1.02. The Balaban J connectivity index is 2.78. The quantitative estimate of drug-likeness (QED) is 0.615. The smallest absolute Gasteiger partial charge is 0.323 e. The number of likely N-dealkylation sites (tertiary alicyclic amines) is 1. The van der Waals surface area contributed by atoms with E-state index >= 15 is 0 Å². The zero-order valence-electron chi connectivity index (χ0n) is 14.9. The number of carboxylic acid groups (broad SMARTS) is 1. The molecule has 1 fully saturated rings. The molecule has 1 aliphatic rings. The van der Waals surface area contributed by atoms with Gasteiger partial charge in [0.1, 0.15) is 12.6 Å². The lowest BCUT2D eigenvalue weighted by Gasteiger charge is -2.27. The molecule has 1 amide bonds. The number of carbonyl (C=O) groups is 3. The number of carbonyl (C=O) groups excluding carboxylic acids is 2. The Morgan fingerprint density at radius 3 is 2.62 bits per heavy atom. The molecule has 2 atom stereocenters. The van der Waals surface area contributed by atoms with E-state index in [4.69, 9.17) is 9.84 Å². The Bertz CT molecular complexity index is 439. The van der Waals surface area contributed by atoms with Gasteiger partial charge in [0.25, 0.3) is 0 Å². The van der Waals surface area contributed by atoms with Gasteiger partial charge in [-0.05, 0) is 44.9 Å². The zero-order chi connectivity index (χ0) is 18.1. The van der Waals surface area contributed by atoms with E-state index in [0.29, 0.717) is 31.9 Å². The van der Waals surface area contributed by atoms with Crippen molar-refractivity contribution >= 4 is 17.8 Å². The number of nitrogens with zero attached hydrogens (tertiary/aromatic N) is 1. The fourth-order valence-corrected chi connectivity index (χ4v) is 2.83. The summed E-state index contributed by atoms with van der Waals surface area (Å²) in [5, 5.41) is 12.1. The number of ether oxygens (including phenoxy) is 1. The van der Waals surface area contributed by atoms with Crippen LogP contribution in [0.15, 0.2) is 0 Å². The van der Waals surface area contributed by atoms with E-state index in [1.807, 2.05) is 0 Å². The summed E-state index contributed by atoms with van der Waals surface area (Å²) in [6.45, 7) is 6.35. The fraction of sp³-hybridized carbons (Fsp3) is 0.824. The third-order valence-electron chi connectivity index (χ3n) is 4.11. The summed E-state index contributed by atoms with van der Waals surface area (Å²) in [4.78, 5) is 37.1. The second kappa shape index (κ2) is 10.3. The predicted octanol–water partition coefficient (Wildman–Crippen LogP) is 1.41. The average molecular weight is 342 g/mol. The van der Waals surface area contributed by atoms with Crippen LogP contribution in [0, 0.1) is 5.92 Å². The maximum absolute atomic E-state index is 12.6. The topological polar surface area (TPSA) is 95.9 Å². The van der Waals surface area contributed by atoms with Gasteiger partial charge in [-0.3, -0.25) is 19.7 Å². The van der Waals surface area contributed by atoms with Crippen molar-refractivity contribution in [1.82, 2.24) is 10.2 Å². The van der Waals surface area contributed by atoms with E-state index in [-0.39, 0.29) is 18.4 Å². The minimum Gasteiger partial charge on any atom is -0.480 e. The van der Waals surface area contributed by atoms with Gasteiger partial charge in [0.15, 0.2) is 0 Å². The van der Waals surface area contributed by atoms with Crippen molar-refractivity contribution in [2.75, 3.05) is 19.7 Å². The van der Waals surface area contributed by atoms with Crippen LogP contribution in [0.4, 0.5) is 0 Å². The van der Waals surface area contributed by atoms with Crippen molar-refractivity contribution in [2.45, 2.75) is 65.0 Å². The largest absolute Gasteiger partial charge is 0.480 e. The molecule has 2 N–H and O–H groups in total. The van der Waals surface area contributed by atoms with Gasteiger partial charge in [0.2, 0.25) is 5.91 Å². The molecular formula is C17H30N2O5. The van der Waals surface area contributed by atoms with Crippen LogP contribution in [-0.4, -0.2) is 59.6 Å². The van der Waals surface area contributed by atoms with Gasteiger partial charge in [0, 0.05) is 6.54 Å². The number of amides is 1. The molecule has 0 aromatic heterocycles. The number of nitrogens with one attached hydrogen (secondary N) is 1. The molecule has 0 aromatic rings. The Morgan fingerprint density at radius 1 is 1.33 bits per heavy atom. The molecule has 0 saturated carbocycles. The highest BCUT2D eigenvalue weighted by molar-refractivity contribution is 5.86. The lowest BCUT2D eigenvalue weighted by molar-refractivity contribution is -0.148. The molecule has 7 nitrogen and oxygen atoms in total. The number of esters is 1.